The van der Waals surface area contributed by atoms with Gasteiger partial charge in [0.25, 0.3) is 0 Å². The third-order valence-electron chi connectivity index (χ3n) is 6.61. The number of benzene rings is 2. The molecule has 0 bridgehead atoms. The number of phenolic OH excluding ortho intramolecular Hbond substituents is 1. The Bertz CT molecular complexity index is 964. The van der Waals surface area contributed by atoms with Crippen LogP contribution in [0.5, 0.6) is 5.75 Å². The Morgan fingerprint density at radius 2 is 1.68 bits per heavy atom. The quantitative estimate of drug-likeness (QED) is 0.356. The number of phenols is 1. The van der Waals surface area contributed by atoms with Gasteiger partial charge in [-0.3, -0.25) is 4.90 Å². The molecule has 7 heteroatoms. The molecule has 2 aromatic rings. The van der Waals surface area contributed by atoms with E-state index < -0.39 is 17.9 Å². The van der Waals surface area contributed by atoms with Crippen molar-refractivity contribution in [3.63, 3.8) is 0 Å². The van der Waals surface area contributed by atoms with Crippen molar-refractivity contribution >= 4 is 5.70 Å². The van der Waals surface area contributed by atoms with E-state index in [4.69, 9.17) is 5.73 Å². The Labute approximate surface area is 220 Å². The maximum Gasteiger partial charge on any atom is 0.416 e. The molecule has 3 N–H and O–H groups in total. The van der Waals surface area contributed by atoms with Crippen molar-refractivity contribution in [2.24, 2.45) is 11.7 Å². The number of fused-ring (bicyclic) bond motifs is 1. The van der Waals surface area contributed by atoms with Gasteiger partial charge in [0.05, 0.1) is 17.8 Å². The highest BCUT2D eigenvalue weighted by atomic mass is 19.4. The molecule has 0 amide bonds. The Morgan fingerprint density at radius 3 is 2.24 bits per heavy atom. The van der Waals surface area contributed by atoms with Gasteiger partial charge in [-0.15, -0.1) is 0 Å². The molecule has 37 heavy (non-hydrogen) atoms. The number of likely N-dealkylation sites (N-methyl/N-ethyl adjacent to an activating group) is 1. The highest BCUT2D eigenvalue weighted by Gasteiger charge is 2.33. The molecule has 2 aromatic carbocycles. The van der Waals surface area contributed by atoms with Crippen LogP contribution in [0.4, 0.5) is 17.6 Å². The van der Waals surface area contributed by atoms with Crippen molar-refractivity contribution < 1.29 is 22.7 Å². The third kappa shape index (κ3) is 9.69. The predicted molar refractivity (Wildman–Crippen MR) is 146 cm³/mol. The average molecular weight is 525 g/mol. The van der Waals surface area contributed by atoms with Gasteiger partial charge in [0.1, 0.15) is 5.75 Å². The first-order valence-corrected chi connectivity index (χ1v) is 13.3. The number of alkyl halides is 4. The Balaban J connectivity index is 0.000000446. The molecule has 1 heterocycles. The molecule has 0 spiro atoms. The van der Waals surface area contributed by atoms with Crippen molar-refractivity contribution in [2.75, 3.05) is 13.6 Å². The highest BCUT2D eigenvalue weighted by molar-refractivity contribution is 5.68. The molecular formula is C30H44F4N2O. The number of rotatable bonds is 7. The SMILES string of the molecule is CC.CCC(C)CCCC(F)CC.CN1CC=C(N)c2ccccc2C1c1ccc(C(F)(F)F)cc1O. The van der Waals surface area contributed by atoms with Crippen molar-refractivity contribution in [2.45, 2.75) is 85.1 Å². The van der Waals surface area contributed by atoms with Crippen LogP contribution < -0.4 is 5.73 Å². The van der Waals surface area contributed by atoms with E-state index in [0.717, 1.165) is 42.0 Å². The largest absolute Gasteiger partial charge is 0.508 e. The fourth-order valence-electron chi connectivity index (χ4n) is 4.15. The molecular weight excluding hydrogens is 480 g/mol. The van der Waals surface area contributed by atoms with E-state index >= 15 is 0 Å². The van der Waals surface area contributed by atoms with E-state index in [1.54, 1.807) is 0 Å². The van der Waals surface area contributed by atoms with E-state index in [1.165, 1.54) is 18.9 Å². The molecule has 3 atom stereocenters. The van der Waals surface area contributed by atoms with Crippen LogP contribution in [-0.4, -0.2) is 29.8 Å². The summed E-state index contributed by atoms with van der Waals surface area (Å²) in [5, 5.41) is 10.2. The lowest BCUT2D eigenvalue weighted by Gasteiger charge is -2.28. The van der Waals surface area contributed by atoms with Crippen LogP contribution in [0.25, 0.3) is 5.70 Å². The van der Waals surface area contributed by atoms with Crippen LogP contribution in [0.2, 0.25) is 0 Å². The summed E-state index contributed by atoms with van der Waals surface area (Å²) in [7, 11) is 1.84. The smallest absolute Gasteiger partial charge is 0.416 e. The van der Waals surface area contributed by atoms with Crippen LogP contribution in [0.3, 0.4) is 0 Å². The molecule has 0 fully saturated rings. The van der Waals surface area contributed by atoms with Crippen molar-refractivity contribution in [3.05, 3.63) is 70.8 Å². The maximum absolute atomic E-state index is 12.8. The van der Waals surface area contributed by atoms with Gasteiger partial charge in [-0.05, 0) is 49.6 Å². The Kier molecular flexibility index (Phi) is 13.7. The normalized spacial score (nSPS) is 17.1. The average Bonchev–Trinajstić information content (AvgIpc) is 3.01. The van der Waals surface area contributed by atoms with E-state index in [0.29, 0.717) is 24.2 Å². The van der Waals surface area contributed by atoms with Gasteiger partial charge >= 0.3 is 6.18 Å². The second kappa shape index (κ2) is 15.7. The molecule has 3 rings (SSSR count). The van der Waals surface area contributed by atoms with Gasteiger partial charge in [0, 0.05) is 23.4 Å². The zero-order valence-corrected chi connectivity index (χ0v) is 23.1. The number of nitrogens with zero attached hydrogens (tertiary/aromatic N) is 1. The van der Waals surface area contributed by atoms with E-state index in [1.807, 2.05) is 63.1 Å². The third-order valence-corrected chi connectivity index (χ3v) is 6.61. The molecule has 208 valence electrons. The lowest BCUT2D eigenvalue weighted by molar-refractivity contribution is -0.137. The molecule has 1 aliphatic rings. The Morgan fingerprint density at radius 1 is 1.03 bits per heavy atom. The summed E-state index contributed by atoms with van der Waals surface area (Å²) in [4.78, 5) is 1.93. The molecule has 0 aromatic heterocycles. The summed E-state index contributed by atoms with van der Waals surface area (Å²) in [6.45, 7) is 10.9. The second-order valence-electron chi connectivity index (χ2n) is 9.31. The Hall–Kier alpha value is -2.54. The standard InChI is InChI=1S/C18H17F3N2O.C10H21F.C2H6/c1-23-9-8-15(22)12-4-2-3-5-13(12)17(23)14-7-6-11(10-16(14)24)18(19,20)21;1-4-9(3)7-6-8-10(11)5-2;1-2/h2-8,10,17,24H,9,22H2,1H3;9-10H,4-8H2,1-3H3;1-2H3. The molecule has 1 aliphatic heterocycles. The monoisotopic (exact) mass is 524 g/mol. The van der Waals surface area contributed by atoms with Crippen molar-refractivity contribution in [3.8, 4) is 5.75 Å². The van der Waals surface area contributed by atoms with Crippen LogP contribution in [0.1, 0.15) is 95.0 Å². The lowest BCUT2D eigenvalue weighted by Crippen LogP contribution is -2.25. The first kappa shape index (κ1) is 32.5. The summed E-state index contributed by atoms with van der Waals surface area (Å²) < 4.78 is 51.2. The van der Waals surface area contributed by atoms with Crippen molar-refractivity contribution in [1.82, 2.24) is 4.90 Å². The number of hydrogen-bond acceptors (Lipinski definition) is 3. The zero-order valence-electron chi connectivity index (χ0n) is 23.1. The van der Waals surface area contributed by atoms with Gasteiger partial charge in [0.2, 0.25) is 0 Å². The lowest BCUT2D eigenvalue weighted by atomic mass is 9.92. The van der Waals surface area contributed by atoms with Crippen LogP contribution >= 0.6 is 0 Å². The number of hydrogen-bond donors (Lipinski definition) is 2. The number of aromatic hydroxyl groups is 1. The maximum atomic E-state index is 12.8. The number of halogens is 4. The molecule has 3 nitrogen and oxygen atoms in total. The van der Waals surface area contributed by atoms with E-state index in [-0.39, 0.29) is 11.8 Å². The molecule has 0 saturated carbocycles. The summed E-state index contributed by atoms with van der Waals surface area (Å²) in [6.07, 6.45) is 1.74. The minimum Gasteiger partial charge on any atom is -0.508 e. The van der Waals surface area contributed by atoms with Gasteiger partial charge in [0.15, 0.2) is 0 Å². The molecule has 3 unspecified atom stereocenters. The first-order valence-electron chi connectivity index (χ1n) is 13.3. The summed E-state index contributed by atoms with van der Waals surface area (Å²) >= 11 is 0. The van der Waals surface area contributed by atoms with Crippen molar-refractivity contribution in [1.29, 1.82) is 0 Å². The molecule has 0 radical (unpaired) electrons. The van der Waals surface area contributed by atoms with Crippen LogP contribution in [-0.2, 0) is 6.18 Å². The predicted octanol–water partition coefficient (Wildman–Crippen LogP) is 8.72. The minimum absolute atomic E-state index is 0.378. The van der Waals surface area contributed by atoms with Gasteiger partial charge in [-0.2, -0.15) is 13.2 Å². The summed E-state index contributed by atoms with van der Waals surface area (Å²) in [5.74, 6) is 0.399. The highest BCUT2D eigenvalue weighted by Crippen LogP contribution is 2.40. The van der Waals surface area contributed by atoms with Gasteiger partial charge < -0.3 is 10.8 Å². The second-order valence-corrected chi connectivity index (χ2v) is 9.31. The first-order chi connectivity index (χ1) is 17.5. The van der Waals surface area contributed by atoms with Crippen LogP contribution in [0, 0.1) is 5.92 Å². The topological polar surface area (TPSA) is 49.5 Å². The summed E-state index contributed by atoms with van der Waals surface area (Å²) in [5.41, 5.74) is 7.93. The van der Waals surface area contributed by atoms with Gasteiger partial charge in [-0.1, -0.05) is 84.2 Å². The fraction of sp³-hybridized carbons (Fsp3) is 0.533. The number of nitrogens with two attached hydrogens (primary N) is 1. The molecule has 0 saturated heterocycles. The minimum atomic E-state index is -4.49. The molecule has 0 aliphatic carbocycles. The van der Waals surface area contributed by atoms with Crippen LogP contribution in [0.15, 0.2) is 48.5 Å². The zero-order chi connectivity index (χ0) is 28.2. The van der Waals surface area contributed by atoms with Gasteiger partial charge in [-0.25, -0.2) is 4.39 Å². The summed E-state index contributed by atoms with van der Waals surface area (Å²) in [6, 6.07) is 10.2. The fourth-order valence-corrected chi connectivity index (χ4v) is 4.15. The van der Waals surface area contributed by atoms with E-state index in [2.05, 4.69) is 13.8 Å². The van der Waals surface area contributed by atoms with E-state index in [9.17, 15) is 22.7 Å².